The minimum Gasteiger partial charge on any atom is -0.493 e. The van der Waals surface area contributed by atoms with Crippen LogP contribution in [0, 0.1) is 11.3 Å². The molecule has 1 unspecified atom stereocenters. The molecular formula is C32H29N3O5. The van der Waals surface area contributed by atoms with Gasteiger partial charge in [0.15, 0.2) is 11.5 Å². The highest BCUT2D eigenvalue weighted by Gasteiger charge is 2.23. The SMILES string of the molecule is CCOC(=O)c1cccc(NC(=O)C(Nc2ccc(C#N)cc2)c2ccc(OCc3ccccc3)c(OC)c2)c1. The summed E-state index contributed by atoms with van der Waals surface area (Å²) in [6, 6.07) is 29.7. The maximum atomic E-state index is 13.6. The van der Waals surface area contributed by atoms with E-state index in [2.05, 4.69) is 16.7 Å². The molecule has 0 aliphatic heterocycles. The van der Waals surface area contributed by atoms with Gasteiger partial charge in [0, 0.05) is 11.4 Å². The molecule has 0 aliphatic carbocycles. The number of methoxy groups -OCH3 is 1. The molecule has 0 aliphatic rings. The smallest absolute Gasteiger partial charge is 0.338 e. The molecule has 1 amide bonds. The Morgan fingerprint density at radius 2 is 1.65 bits per heavy atom. The molecule has 40 heavy (non-hydrogen) atoms. The normalized spacial score (nSPS) is 11.0. The summed E-state index contributed by atoms with van der Waals surface area (Å²) < 4.78 is 16.7. The number of benzene rings is 4. The van der Waals surface area contributed by atoms with Crippen LogP contribution in [-0.4, -0.2) is 25.6 Å². The first-order valence-corrected chi connectivity index (χ1v) is 12.7. The quantitative estimate of drug-likeness (QED) is 0.223. The number of nitriles is 1. The molecule has 0 heterocycles. The van der Waals surface area contributed by atoms with E-state index in [9.17, 15) is 9.59 Å². The summed E-state index contributed by atoms with van der Waals surface area (Å²) in [6.07, 6.45) is 0. The highest BCUT2D eigenvalue weighted by atomic mass is 16.5. The molecule has 0 spiro atoms. The molecule has 0 aromatic heterocycles. The number of nitrogens with one attached hydrogen (secondary N) is 2. The molecule has 8 heteroatoms. The lowest BCUT2D eigenvalue weighted by Crippen LogP contribution is -2.27. The zero-order valence-electron chi connectivity index (χ0n) is 22.2. The number of rotatable bonds is 11. The first-order chi connectivity index (χ1) is 19.5. The second kappa shape index (κ2) is 13.5. The van der Waals surface area contributed by atoms with Gasteiger partial charge in [0.1, 0.15) is 12.6 Å². The zero-order valence-corrected chi connectivity index (χ0v) is 22.2. The van der Waals surface area contributed by atoms with Crippen molar-refractivity contribution in [3.63, 3.8) is 0 Å². The third kappa shape index (κ3) is 7.17. The summed E-state index contributed by atoms with van der Waals surface area (Å²) in [4.78, 5) is 25.8. The van der Waals surface area contributed by atoms with Crippen LogP contribution < -0.4 is 20.1 Å². The van der Waals surface area contributed by atoms with E-state index in [4.69, 9.17) is 19.5 Å². The molecule has 0 fully saturated rings. The number of ether oxygens (including phenoxy) is 3. The van der Waals surface area contributed by atoms with Gasteiger partial charge in [-0.3, -0.25) is 4.79 Å². The van der Waals surface area contributed by atoms with Gasteiger partial charge in [-0.2, -0.15) is 5.26 Å². The Morgan fingerprint density at radius 3 is 2.35 bits per heavy atom. The fourth-order valence-electron chi connectivity index (χ4n) is 3.98. The number of esters is 1. The number of hydrogen-bond donors (Lipinski definition) is 2. The van der Waals surface area contributed by atoms with E-state index in [-0.39, 0.29) is 12.5 Å². The number of hydrogen-bond acceptors (Lipinski definition) is 7. The van der Waals surface area contributed by atoms with Crippen LogP contribution in [0.25, 0.3) is 0 Å². The summed E-state index contributed by atoms with van der Waals surface area (Å²) in [6.45, 7) is 2.34. The van der Waals surface area contributed by atoms with E-state index in [1.54, 1.807) is 80.8 Å². The van der Waals surface area contributed by atoms with Crippen molar-refractivity contribution >= 4 is 23.3 Å². The van der Waals surface area contributed by atoms with Crippen molar-refractivity contribution in [1.82, 2.24) is 0 Å². The molecule has 2 N–H and O–H groups in total. The minimum atomic E-state index is -0.851. The third-order valence-corrected chi connectivity index (χ3v) is 5.99. The van der Waals surface area contributed by atoms with Crippen molar-refractivity contribution in [3.8, 4) is 17.6 Å². The summed E-state index contributed by atoms with van der Waals surface area (Å²) in [5.74, 6) is 0.166. The number of anilines is 2. The maximum Gasteiger partial charge on any atom is 0.338 e. The van der Waals surface area contributed by atoms with E-state index in [1.807, 2.05) is 30.3 Å². The molecule has 1 atom stereocenters. The van der Waals surface area contributed by atoms with Gasteiger partial charge in [0.05, 0.1) is 30.9 Å². The van der Waals surface area contributed by atoms with Gasteiger partial charge >= 0.3 is 5.97 Å². The van der Waals surface area contributed by atoms with E-state index in [1.165, 1.54) is 0 Å². The molecule has 4 aromatic carbocycles. The highest BCUT2D eigenvalue weighted by molar-refractivity contribution is 5.99. The van der Waals surface area contributed by atoms with Gasteiger partial charge in [0.2, 0.25) is 0 Å². The van der Waals surface area contributed by atoms with E-state index >= 15 is 0 Å². The molecule has 8 nitrogen and oxygen atoms in total. The van der Waals surface area contributed by atoms with Gasteiger partial charge in [-0.15, -0.1) is 0 Å². The molecular weight excluding hydrogens is 506 g/mol. The fraction of sp³-hybridized carbons (Fsp3) is 0.156. The minimum absolute atomic E-state index is 0.249. The van der Waals surface area contributed by atoms with Gasteiger partial charge < -0.3 is 24.8 Å². The summed E-state index contributed by atoms with van der Waals surface area (Å²) in [5.41, 5.74) is 3.55. The molecule has 0 radical (unpaired) electrons. The van der Waals surface area contributed by atoms with Crippen LogP contribution in [0.2, 0.25) is 0 Å². The average Bonchev–Trinajstić information content (AvgIpc) is 2.99. The van der Waals surface area contributed by atoms with Crippen molar-refractivity contribution in [2.75, 3.05) is 24.4 Å². The van der Waals surface area contributed by atoms with Gasteiger partial charge in [-0.1, -0.05) is 42.5 Å². The van der Waals surface area contributed by atoms with Crippen molar-refractivity contribution < 1.29 is 23.8 Å². The number of amides is 1. The topological polar surface area (TPSA) is 110 Å². The first-order valence-electron chi connectivity index (χ1n) is 12.7. The Labute approximate surface area is 233 Å². The lowest BCUT2D eigenvalue weighted by molar-refractivity contribution is -0.117. The summed E-state index contributed by atoms with van der Waals surface area (Å²) in [5, 5.41) is 15.3. The highest BCUT2D eigenvalue weighted by Crippen LogP contribution is 2.33. The largest absolute Gasteiger partial charge is 0.493 e. The zero-order chi connectivity index (χ0) is 28.3. The van der Waals surface area contributed by atoms with Gasteiger partial charge in [-0.25, -0.2) is 4.79 Å². The average molecular weight is 536 g/mol. The Bertz CT molecular complexity index is 1500. The molecule has 0 saturated heterocycles. The monoisotopic (exact) mass is 535 g/mol. The number of carbonyl (C=O) groups excluding carboxylic acids is 2. The van der Waals surface area contributed by atoms with E-state index < -0.39 is 12.0 Å². The number of carbonyl (C=O) groups is 2. The second-order valence-electron chi connectivity index (χ2n) is 8.74. The Hall–Kier alpha value is -5.29. The van der Waals surface area contributed by atoms with Crippen LogP contribution in [0.4, 0.5) is 11.4 Å². The summed E-state index contributed by atoms with van der Waals surface area (Å²) in [7, 11) is 1.54. The predicted octanol–water partition coefficient (Wildman–Crippen LogP) is 6.11. The summed E-state index contributed by atoms with van der Waals surface area (Å²) >= 11 is 0. The van der Waals surface area contributed by atoms with Crippen molar-refractivity contribution in [3.05, 3.63) is 119 Å². The Kier molecular flexibility index (Phi) is 9.35. The predicted molar refractivity (Wildman–Crippen MR) is 152 cm³/mol. The maximum absolute atomic E-state index is 13.6. The lowest BCUT2D eigenvalue weighted by atomic mass is 10.0. The van der Waals surface area contributed by atoms with Crippen LogP contribution in [0.15, 0.2) is 97.1 Å². The fourth-order valence-corrected chi connectivity index (χ4v) is 3.98. The molecule has 4 rings (SSSR count). The van der Waals surface area contributed by atoms with Gasteiger partial charge in [-0.05, 0) is 72.6 Å². The molecule has 0 saturated carbocycles. The van der Waals surface area contributed by atoms with Crippen LogP contribution in [0.5, 0.6) is 11.5 Å². The van der Waals surface area contributed by atoms with Crippen LogP contribution >= 0.6 is 0 Å². The lowest BCUT2D eigenvalue weighted by Gasteiger charge is -2.22. The van der Waals surface area contributed by atoms with Crippen molar-refractivity contribution in [2.45, 2.75) is 19.6 Å². The first kappa shape index (κ1) is 27.7. The Balaban J connectivity index is 1.61. The second-order valence-corrected chi connectivity index (χ2v) is 8.74. The van der Waals surface area contributed by atoms with E-state index in [0.717, 1.165) is 5.56 Å². The Morgan fingerprint density at radius 1 is 0.875 bits per heavy atom. The van der Waals surface area contributed by atoms with Crippen molar-refractivity contribution in [2.24, 2.45) is 0 Å². The standard InChI is InChI=1S/C32H29N3O5/c1-3-39-32(37)25-10-7-11-27(18-25)35-31(36)30(34-26-15-12-22(20-33)13-16-26)24-14-17-28(29(19-24)38-2)40-21-23-8-5-4-6-9-23/h4-19,30,34H,3,21H2,1-2H3,(H,35,36). The number of nitrogens with zero attached hydrogens (tertiary/aromatic N) is 1. The van der Waals surface area contributed by atoms with Crippen molar-refractivity contribution in [1.29, 1.82) is 5.26 Å². The molecule has 202 valence electrons. The molecule has 0 bridgehead atoms. The van der Waals surface area contributed by atoms with Crippen LogP contribution in [0.3, 0.4) is 0 Å². The third-order valence-electron chi connectivity index (χ3n) is 5.99. The van der Waals surface area contributed by atoms with Crippen LogP contribution in [-0.2, 0) is 16.1 Å². The van der Waals surface area contributed by atoms with Crippen LogP contribution in [0.1, 0.15) is 40.0 Å². The van der Waals surface area contributed by atoms with Gasteiger partial charge in [0.25, 0.3) is 5.91 Å². The molecule has 4 aromatic rings. The van der Waals surface area contributed by atoms with E-state index in [0.29, 0.717) is 46.2 Å².